The van der Waals surface area contributed by atoms with Crippen molar-refractivity contribution in [2.24, 2.45) is 11.8 Å². The summed E-state index contributed by atoms with van der Waals surface area (Å²) >= 11 is 0. The Labute approximate surface area is 182 Å². The maximum absolute atomic E-state index is 12.5. The molecule has 2 aliphatic rings. The van der Waals surface area contributed by atoms with Crippen LogP contribution in [0.5, 0.6) is 0 Å². The summed E-state index contributed by atoms with van der Waals surface area (Å²) < 4.78 is 1.97. The lowest BCUT2D eigenvalue weighted by Gasteiger charge is -2.19. The molecule has 2 fully saturated rings. The normalized spacial score (nSPS) is 20.8. The lowest BCUT2D eigenvalue weighted by molar-refractivity contribution is -0.140. The first-order valence-corrected chi connectivity index (χ1v) is 11.1. The molecule has 2 heterocycles. The van der Waals surface area contributed by atoms with Gasteiger partial charge < -0.3 is 5.32 Å². The van der Waals surface area contributed by atoms with Crippen molar-refractivity contribution in [1.82, 2.24) is 20.0 Å². The third-order valence-corrected chi connectivity index (χ3v) is 6.41. The van der Waals surface area contributed by atoms with Gasteiger partial charge in [-0.1, -0.05) is 37.1 Å². The second kappa shape index (κ2) is 9.04. The van der Waals surface area contributed by atoms with Crippen LogP contribution < -0.4 is 5.32 Å². The highest BCUT2D eigenvalue weighted by Crippen LogP contribution is 2.37. The van der Waals surface area contributed by atoms with Crippen LogP contribution >= 0.6 is 0 Å². The highest BCUT2D eigenvalue weighted by Gasteiger charge is 2.47. The van der Waals surface area contributed by atoms with Gasteiger partial charge in [0.2, 0.25) is 17.7 Å². The van der Waals surface area contributed by atoms with E-state index in [2.05, 4.69) is 22.5 Å². The summed E-state index contributed by atoms with van der Waals surface area (Å²) in [7, 11) is 0. The molecule has 0 radical (unpaired) electrons. The highest BCUT2D eigenvalue weighted by atomic mass is 16.2. The molecule has 1 aliphatic carbocycles. The summed E-state index contributed by atoms with van der Waals surface area (Å²) in [6, 6.07) is 10.1. The molecule has 0 spiro atoms. The lowest BCUT2D eigenvalue weighted by atomic mass is 9.81. The number of aromatic nitrogens is 2. The van der Waals surface area contributed by atoms with Gasteiger partial charge in [0.15, 0.2) is 0 Å². The largest absolute Gasteiger partial charge is 0.352 e. The first-order valence-electron chi connectivity index (χ1n) is 11.1. The third-order valence-electron chi connectivity index (χ3n) is 6.41. The van der Waals surface area contributed by atoms with Gasteiger partial charge in [-0.2, -0.15) is 5.10 Å². The van der Waals surface area contributed by atoms with E-state index in [-0.39, 0.29) is 42.5 Å². The number of carbonyl (C=O) groups is 3. The maximum atomic E-state index is 12.5. The highest BCUT2D eigenvalue weighted by molar-refractivity contribution is 6.05. The average molecular weight is 423 g/mol. The van der Waals surface area contributed by atoms with Gasteiger partial charge in [0.05, 0.1) is 24.1 Å². The van der Waals surface area contributed by atoms with Gasteiger partial charge in [-0.05, 0) is 43.9 Å². The number of amides is 3. The third kappa shape index (κ3) is 4.70. The summed E-state index contributed by atoms with van der Waals surface area (Å²) in [5.74, 6) is -0.637. The van der Waals surface area contributed by atoms with Crippen molar-refractivity contribution >= 4 is 17.7 Å². The van der Waals surface area contributed by atoms with E-state index in [4.69, 9.17) is 0 Å². The summed E-state index contributed by atoms with van der Waals surface area (Å²) in [4.78, 5) is 38.7. The van der Waals surface area contributed by atoms with Gasteiger partial charge in [0.25, 0.3) is 0 Å². The quantitative estimate of drug-likeness (QED) is 0.696. The number of nitrogens with zero attached hydrogens (tertiary/aromatic N) is 3. The Morgan fingerprint density at radius 2 is 1.74 bits per heavy atom. The van der Waals surface area contributed by atoms with E-state index < -0.39 is 0 Å². The molecule has 4 rings (SSSR count). The van der Waals surface area contributed by atoms with Crippen LogP contribution in [0.4, 0.5) is 0 Å². The number of nitrogens with one attached hydrogen (secondary N) is 1. The molecular formula is C24H30N4O3. The first-order chi connectivity index (χ1) is 14.9. The average Bonchev–Trinajstić information content (AvgIpc) is 3.20. The van der Waals surface area contributed by atoms with Gasteiger partial charge in [-0.3, -0.25) is 24.0 Å². The number of carbonyl (C=O) groups excluding carboxylic acids is 3. The summed E-state index contributed by atoms with van der Waals surface area (Å²) in [5, 5.41) is 7.41. The Kier molecular flexibility index (Phi) is 6.20. The van der Waals surface area contributed by atoms with Crippen molar-refractivity contribution < 1.29 is 14.4 Å². The minimum Gasteiger partial charge on any atom is -0.352 e. The van der Waals surface area contributed by atoms with Crippen LogP contribution in [0.2, 0.25) is 0 Å². The molecular weight excluding hydrogens is 392 g/mol. The Morgan fingerprint density at radius 3 is 2.39 bits per heavy atom. The number of fused-ring (bicyclic) bond motifs is 1. The van der Waals surface area contributed by atoms with Gasteiger partial charge >= 0.3 is 0 Å². The maximum Gasteiger partial charge on any atom is 0.233 e. The zero-order valence-electron chi connectivity index (χ0n) is 18.3. The predicted molar refractivity (Wildman–Crippen MR) is 116 cm³/mol. The van der Waals surface area contributed by atoms with E-state index >= 15 is 0 Å². The van der Waals surface area contributed by atoms with E-state index in [1.54, 1.807) is 0 Å². The fourth-order valence-electron chi connectivity index (χ4n) is 4.80. The molecule has 0 bridgehead atoms. The SMILES string of the molecule is Cc1cc(C)n(Cc2cccc(CNC(=O)CCN3C(=O)C4CCCCC4C3=O)c2)n1. The van der Waals surface area contributed by atoms with E-state index in [0.717, 1.165) is 48.2 Å². The number of benzene rings is 1. The van der Waals surface area contributed by atoms with Crippen molar-refractivity contribution in [2.45, 2.75) is 59.0 Å². The Balaban J connectivity index is 1.28. The van der Waals surface area contributed by atoms with Crippen molar-refractivity contribution in [3.05, 3.63) is 52.8 Å². The fourth-order valence-corrected chi connectivity index (χ4v) is 4.80. The lowest BCUT2D eigenvalue weighted by Crippen LogP contribution is -2.35. The molecule has 2 atom stereocenters. The van der Waals surface area contributed by atoms with E-state index in [1.165, 1.54) is 4.90 Å². The molecule has 3 amide bonds. The van der Waals surface area contributed by atoms with Gasteiger partial charge in [0, 0.05) is 25.2 Å². The van der Waals surface area contributed by atoms with Crippen LogP contribution in [0.25, 0.3) is 0 Å². The summed E-state index contributed by atoms with van der Waals surface area (Å²) in [6.45, 7) is 5.29. The fraction of sp³-hybridized carbons (Fsp3) is 0.500. The molecule has 2 unspecified atom stereocenters. The molecule has 1 aromatic heterocycles. The smallest absolute Gasteiger partial charge is 0.233 e. The van der Waals surface area contributed by atoms with Crippen molar-refractivity contribution in [2.75, 3.05) is 6.54 Å². The predicted octanol–water partition coefficient (Wildman–Crippen LogP) is 2.73. The Morgan fingerprint density at radius 1 is 1.06 bits per heavy atom. The minimum absolute atomic E-state index is 0.0839. The van der Waals surface area contributed by atoms with Gasteiger partial charge in [-0.15, -0.1) is 0 Å². The molecule has 1 N–H and O–H groups in total. The second-order valence-electron chi connectivity index (χ2n) is 8.76. The van der Waals surface area contributed by atoms with E-state index in [0.29, 0.717) is 13.1 Å². The summed E-state index contributed by atoms with van der Waals surface area (Å²) in [6.07, 6.45) is 3.75. The Bertz CT molecular complexity index is 972. The summed E-state index contributed by atoms with van der Waals surface area (Å²) in [5.41, 5.74) is 4.23. The molecule has 31 heavy (non-hydrogen) atoms. The minimum atomic E-state index is -0.158. The molecule has 7 heteroatoms. The number of rotatable bonds is 7. The zero-order valence-corrected chi connectivity index (χ0v) is 18.3. The number of hydrogen-bond acceptors (Lipinski definition) is 4. The van der Waals surface area contributed by atoms with Crippen LogP contribution in [0.1, 0.15) is 54.6 Å². The molecule has 1 aliphatic heterocycles. The topological polar surface area (TPSA) is 84.3 Å². The molecule has 2 aromatic rings. The molecule has 1 saturated carbocycles. The van der Waals surface area contributed by atoms with Crippen molar-refractivity contribution in [3.8, 4) is 0 Å². The second-order valence-corrected chi connectivity index (χ2v) is 8.76. The van der Waals surface area contributed by atoms with E-state index in [1.807, 2.05) is 36.7 Å². The monoisotopic (exact) mass is 422 g/mol. The Hall–Kier alpha value is -2.96. The van der Waals surface area contributed by atoms with Crippen molar-refractivity contribution in [3.63, 3.8) is 0 Å². The standard InChI is InChI=1S/C24H30N4O3/c1-16-12-17(2)28(26-16)15-19-7-5-6-18(13-19)14-25-22(29)10-11-27-23(30)20-8-3-4-9-21(20)24(27)31/h5-7,12-13,20-21H,3-4,8-11,14-15H2,1-2H3,(H,25,29). The van der Waals surface area contributed by atoms with E-state index in [9.17, 15) is 14.4 Å². The van der Waals surface area contributed by atoms with Crippen LogP contribution in [-0.2, 0) is 27.5 Å². The molecule has 1 saturated heterocycles. The first kappa shape index (κ1) is 21.3. The number of aryl methyl sites for hydroxylation is 2. The van der Waals surface area contributed by atoms with Crippen LogP contribution in [-0.4, -0.2) is 38.9 Å². The number of imide groups is 1. The van der Waals surface area contributed by atoms with Gasteiger partial charge in [0.1, 0.15) is 0 Å². The molecule has 7 nitrogen and oxygen atoms in total. The number of hydrogen-bond donors (Lipinski definition) is 1. The van der Waals surface area contributed by atoms with Crippen LogP contribution in [0.15, 0.2) is 30.3 Å². The molecule has 1 aromatic carbocycles. The zero-order chi connectivity index (χ0) is 22.0. The van der Waals surface area contributed by atoms with Crippen molar-refractivity contribution in [1.29, 1.82) is 0 Å². The van der Waals surface area contributed by atoms with Crippen LogP contribution in [0, 0.1) is 25.7 Å². The van der Waals surface area contributed by atoms with Gasteiger partial charge in [-0.25, -0.2) is 0 Å². The number of likely N-dealkylation sites (tertiary alicyclic amines) is 1. The molecule has 164 valence electrons. The van der Waals surface area contributed by atoms with Crippen LogP contribution in [0.3, 0.4) is 0 Å².